The van der Waals surface area contributed by atoms with Crippen LogP contribution in [0.2, 0.25) is 0 Å². The highest BCUT2D eigenvalue weighted by atomic mass is 32.2. The summed E-state index contributed by atoms with van der Waals surface area (Å²) in [6.45, 7) is 3.30. The third-order valence-electron chi connectivity index (χ3n) is 2.14. The molecule has 2 atom stereocenters. The van der Waals surface area contributed by atoms with Crippen molar-refractivity contribution in [1.82, 2.24) is 5.32 Å². The maximum absolute atomic E-state index is 10.9. The predicted octanol–water partition coefficient (Wildman–Crippen LogP) is 1.07. The molecule has 0 unspecified atom stereocenters. The molecule has 0 rings (SSSR count). The van der Waals surface area contributed by atoms with Gasteiger partial charge in [0.15, 0.2) is 0 Å². The largest absolute Gasteiger partial charge is 0.480 e. The molecule has 0 aliphatic carbocycles. The highest BCUT2D eigenvalue weighted by molar-refractivity contribution is 8.00. The Morgan fingerprint density at radius 1 is 1.47 bits per heavy atom. The van der Waals surface area contributed by atoms with E-state index in [1.54, 1.807) is 0 Å². The Morgan fingerprint density at radius 2 is 2.12 bits per heavy atom. The molecule has 98 valence electrons. The van der Waals surface area contributed by atoms with E-state index in [9.17, 15) is 14.4 Å². The Morgan fingerprint density at radius 3 is 2.53 bits per heavy atom. The van der Waals surface area contributed by atoms with Gasteiger partial charge in [-0.25, -0.2) is 4.79 Å². The Labute approximate surface area is 105 Å². The first kappa shape index (κ1) is 16.0. The van der Waals surface area contributed by atoms with Gasteiger partial charge in [-0.1, -0.05) is 13.3 Å². The molecule has 1 amide bonds. The molecular weight excluding hydrogens is 242 g/mol. The highest BCUT2D eigenvalue weighted by Gasteiger charge is 2.20. The summed E-state index contributed by atoms with van der Waals surface area (Å²) in [5.41, 5.74) is 0. The van der Waals surface area contributed by atoms with Crippen LogP contribution in [-0.2, 0) is 14.4 Å². The predicted molar refractivity (Wildman–Crippen MR) is 67.1 cm³/mol. The molecule has 0 aliphatic rings. The summed E-state index contributed by atoms with van der Waals surface area (Å²) in [5, 5.41) is 11.4. The number of aldehydes is 1. The molecule has 0 fully saturated rings. The fourth-order valence-corrected chi connectivity index (χ4v) is 2.66. The quantitative estimate of drug-likeness (QED) is 0.606. The topological polar surface area (TPSA) is 83.5 Å². The van der Waals surface area contributed by atoms with E-state index in [2.05, 4.69) is 5.32 Å². The summed E-state index contributed by atoms with van der Waals surface area (Å²) in [6, 6.07) is -0.886. The second-order valence-corrected chi connectivity index (χ2v) is 5.07. The number of carboxylic acids is 1. The van der Waals surface area contributed by atoms with Gasteiger partial charge >= 0.3 is 5.97 Å². The first-order chi connectivity index (χ1) is 8.01. The fourth-order valence-electron chi connectivity index (χ4n) is 1.35. The van der Waals surface area contributed by atoms with E-state index in [4.69, 9.17) is 5.11 Å². The maximum Gasteiger partial charge on any atom is 0.327 e. The lowest BCUT2D eigenvalue weighted by Crippen LogP contribution is -2.41. The smallest absolute Gasteiger partial charge is 0.327 e. The summed E-state index contributed by atoms with van der Waals surface area (Å²) in [6.07, 6.45) is 3.09. The minimum absolute atomic E-state index is 0.133. The van der Waals surface area contributed by atoms with Crippen molar-refractivity contribution in [3.63, 3.8) is 0 Å². The summed E-state index contributed by atoms with van der Waals surface area (Å²) in [7, 11) is 0. The monoisotopic (exact) mass is 261 g/mol. The van der Waals surface area contributed by atoms with Gasteiger partial charge in [-0.15, -0.1) is 0 Å². The number of rotatable bonds is 9. The van der Waals surface area contributed by atoms with Crippen LogP contribution in [0.1, 0.15) is 33.1 Å². The number of carboxylic acid groups (broad SMARTS) is 1. The molecule has 0 saturated carbocycles. The molecule has 0 aromatic rings. The minimum atomic E-state index is -1.05. The third-order valence-corrected chi connectivity index (χ3v) is 3.57. The number of carbonyl (C=O) groups excluding carboxylic acids is 2. The Kier molecular flexibility index (Phi) is 8.49. The van der Waals surface area contributed by atoms with Crippen LogP contribution in [0, 0.1) is 0 Å². The maximum atomic E-state index is 10.9. The summed E-state index contributed by atoms with van der Waals surface area (Å²) in [5.74, 6) is -1.12. The molecular formula is C11H19NO4S. The number of carbonyl (C=O) groups is 3. The van der Waals surface area contributed by atoms with Gasteiger partial charge in [0.2, 0.25) is 5.91 Å². The summed E-state index contributed by atoms with van der Waals surface area (Å²) < 4.78 is 0. The Balaban J connectivity index is 4.20. The Bertz CT molecular complexity index is 270. The second kappa shape index (κ2) is 9.04. The molecule has 0 heterocycles. The summed E-state index contributed by atoms with van der Waals surface area (Å²) in [4.78, 5) is 32.1. The minimum Gasteiger partial charge on any atom is -0.480 e. The molecule has 5 nitrogen and oxygen atoms in total. The van der Waals surface area contributed by atoms with Crippen LogP contribution < -0.4 is 5.32 Å². The molecule has 2 N–H and O–H groups in total. The SMILES string of the molecule is CCC[C@@H](CC=O)SC[C@H](NC(C)=O)C(=O)O. The van der Waals surface area contributed by atoms with Crippen molar-refractivity contribution in [2.45, 2.75) is 44.4 Å². The van der Waals surface area contributed by atoms with E-state index in [-0.39, 0.29) is 16.9 Å². The Hall–Kier alpha value is -1.04. The van der Waals surface area contributed by atoms with E-state index >= 15 is 0 Å². The van der Waals surface area contributed by atoms with Crippen LogP contribution in [-0.4, -0.2) is 40.3 Å². The number of hydrogen-bond donors (Lipinski definition) is 2. The van der Waals surface area contributed by atoms with E-state index in [0.717, 1.165) is 19.1 Å². The van der Waals surface area contributed by atoms with E-state index < -0.39 is 12.0 Å². The average Bonchev–Trinajstić information content (AvgIpc) is 2.23. The molecule has 0 bridgehead atoms. The van der Waals surface area contributed by atoms with Crippen LogP contribution in [0.15, 0.2) is 0 Å². The first-order valence-corrected chi connectivity index (χ1v) is 6.61. The molecule has 0 spiro atoms. The van der Waals surface area contributed by atoms with Gasteiger partial charge in [0.25, 0.3) is 0 Å². The fraction of sp³-hybridized carbons (Fsp3) is 0.727. The molecule has 0 aliphatic heterocycles. The van der Waals surface area contributed by atoms with Crippen molar-refractivity contribution < 1.29 is 19.5 Å². The molecule has 0 saturated heterocycles. The van der Waals surface area contributed by atoms with Gasteiger partial charge in [-0.3, -0.25) is 4.79 Å². The number of aliphatic carboxylic acids is 1. The molecule has 0 aromatic carbocycles. The zero-order valence-corrected chi connectivity index (χ0v) is 11.0. The van der Waals surface area contributed by atoms with Crippen molar-refractivity contribution in [3.05, 3.63) is 0 Å². The lowest BCUT2D eigenvalue weighted by atomic mass is 10.2. The first-order valence-electron chi connectivity index (χ1n) is 5.56. The van der Waals surface area contributed by atoms with Crippen molar-refractivity contribution >= 4 is 29.9 Å². The molecule has 0 aromatic heterocycles. The van der Waals surface area contributed by atoms with Gasteiger partial charge in [0.1, 0.15) is 12.3 Å². The number of thioether (sulfide) groups is 1. The lowest BCUT2D eigenvalue weighted by molar-refractivity contribution is -0.140. The van der Waals surface area contributed by atoms with Crippen LogP contribution >= 0.6 is 11.8 Å². The second-order valence-electron chi connectivity index (χ2n) is 3.74. The van der Waals surface area contributed by atoms with Crippen LogP contribution in [0.25, 0.3) is 0 Å². The van der Waals surface area contributed by atoms with E-state index in [0.29, 0.717) is 6.42 Å². The van der Waals surface area contributed by atoms with Crippen LogP contribution in [0.3, 0.4) is 0 Å². The van der Waals surface area contributed by atoms with Crippen LogP contribution in [0.5, 0.6) is 0 Å². The number of hydrogen-bond acceptors (Lipinski definition) is 4. The van der Waals surface area contributed by atoms with Gasteiger partial charge < -0.3 is 15.2 Å². The lowest BCUT2D eigenvalue weighted by Gasteiger charge is -2.17. The van der Waals surface area contributed by atoms with Gasteiger partial charge in [0, 0.05) is 24.3 Å². The van der Waals surface area contributed by atoms with Crippen molar-refractivity contribution in [1.29, 1.82) is 0 Å². The number of nitrogens with one attached hydrogen (secondary N) is 1. The van der Waals surface area contributed by atoms with Crippen molar-refractivity contribution in [3.8, 4) is 0 Å². The zero-order chi connectivity index (χ0) is 13.3. The average molecular weight is 261 g/mol. The third kappa shape index (κ3) is 7.79. The van der Waals surface area contributed by atoms with Crippen LogP contribution in [0.4, 0.5) is 0 Å². The van der Waals surface area contributed by atoms with Crippen molar-refractivity contribution in [2.24, 2.45) is 0 Å². The van der Waals surface area contributed by atoms with E-state index in [1.165, 1.54) is 18.7 Å². The number of amides is 1. The molecule has 0 radical (unpaired) electrons. The standard InChI is InChI=1S/C11H19NO4S/c1-3-4-9(5-6-13)17-7-10(11(15)16)12-8(2)14/h6,9-10H,3-5,7H2,1-2H3,(H,12,14)(H,15,16)/t9-,10-/m0/s1. The normalized spacial score (nSPS) is 13.8. The molecule has 17 heavy (non-hydrogen) atoms. The molecule has 6 heteroatoms. The summed E-state index contributed by atoms with van der Waals surface area (Å²) >= 11 is 1.42. The van der Waals surface area contributed by atoms with Gasteiger partial charge in [0.05, 0.1) is 0 Å². The highest BCUT2D eigenvalue weighted by Crippen LogP contribution is 2.19. The van der Waals surface area contributed by atoms with Gasteiger partial charge in [-0.05, 0) is 6.42 Å². The zero-order valence-electron chi connectivity index (χ0n) is 10.1. The van der Waals surface area contributed by atoms with Crippen molar-refractivity contribution in [2.75, 3.05) is 5.75 Å². The van der Waals surface area contributed by atoms with Gasteiger partial charge in [-0.2, -0.15) is 11.8 Å². The van der Waals surface area contributed by atoms with E-state index in [1.807, 2.05) is 6.92 Å².